The smallest absolute Gasteiger partial charge is 0.336 e. The predicted molar refractivity (Wildman–Crippen MR) is 73.0 cm³/mol. The summed E-state index contributed by atoms with van der Waals surface area (Å²) in [5.41, 5.74) is 1.59. The number of rotatable bonds is 5. The molecule has 2 N–H and O–H groups in total. The number of thiophene rings is 1. The third-order valence-electron chi connectivity index (χ3n) is 2.78. The fraction of sp³-hybridized carbons (Fsp3) is 0.214. The largest absolute Gasteiger partial charge is 0.478 e. The first-order valence-electron chi connectivity index (χ1n) is 5.76. The molecule has 0 aliphatic carbocycles. The monoisotopic (exact) mass is 261 g/mol. The molecule has 1 atom stereocenters. The van der Waals surface area contributed by atoms with Gasteiger partial charge in [-0.3, -0.25) is 0 Å². The summed E-state index contributed by atoms with van der Waals surface area (Å²) in [5.74, 6) is -0.867. The molecule has 0 fully saturated rings. The molecule has 0 bridgehead atoms. The number of hydrogen-bond acceptors (Lipinski definition) is 3. The zero-order valence-electron chi connectivity index (χ0n) is 10.1. The van der Waals surface area contributed by atoms with Gasteiger partial charge in [-0.05, 0) is 18.6 Å². The van der Waals surface area contributed by atoms with Crippen LogP contribution in [0.2, 0.25) is 0 Å². The average molecular weight is 261 g/mol. The van der Waals surface area contributed by atoms with Gasteiger partial charge in [0, 0.05) is 22.8 Å². The van der Waals surface area contributed by atoms with E-state index in [1.807, 2.05) is 18.2 Å². The van der Waals surface area contributed by atoms with Crippen LogP contribution in [-0.4, -0.2) is 11.1 Å². The number of carboxylic acids is 1. The molecule has 1 heterocycles. The third kappa shape index (κ3) is 3.18. The van der Waals surface area contributed by atoms with Crippen LogP contribution >= 0.6 is 11.3 Å². The molecule has 2 aromatic rings. The van der Waals surface area contributed by atoms with E-state index in [1.54, 1.807) is 11.4 Å². The van der Waals surface area contributed by atoms with Crippen LogP contribution in [0.25, 0.3) is 0 Å². The Morgan fingerprint density at radius 1 is 1.39 bits per heavy atom. The first-order chi connectivity index (χ1) is 8.66. The second kappa shape index (κ2) is 5.80. The van der Waals surface area contributed by atoms with Crippen LogP contribution in [0.4, 0.5) is 0 Å². The van der Waals surface area contributed by atoms with Crippen LogP contribution < -0.4 is 5.32 Å². The molecule has 0 saturated heterocycles. The maximum atomic E-state index is 10.8. The van der Waals surface area contributed by atoms with Crippen molar-refractivity contribution in [2.45, 2.75) is 19.5 Å². The molecule has 1 aromatic heterocycles. The summed E-state index contributed by atoms with van der Waals surface area (Å²) < 4.78 is 0. The van der Waals surface area contributed by atoms with Gasteiger partial charge in [-0.2, -0.15) is 0 Å². The van der Waals surface area contributed by atoms with Gasteiger partial charge in [0.1, 0.15) is 0 Å². The highest BCUT2D eigenvalue weighted by Crippen LogP contribution is 2.17. The number of carboxylic acid groups (broad SMARTS) is 1. The van der Waals surface area contributed by atoms with Gasteiger partial charge in [0.15, 0.2) is 0 Å². The molecule has 2 rings (SSSR count). The van der Waals surface area contributed by atoms with E-state index in [1.165, 1.54) is 16.9 Å². The second-order valence-electron chi connectivity index (χ2n) is 4.12. The van der Waals surface area contributed by atoms with E-state index in [2.05, 4.69) is 24.4 Å². The third-order valence-corrected chi connectivity index (χ3v) is 3.72. The Labute approximate surface area is 110 Å². The van der Waals surface area contributed by atoms with Gasteiger partial charge in [0.05, 0.1) is 5.56 Å². The molecule has 0 spiro atoms. The summed E-state index contributed by atoms with van der Waals surface area (Å²) in [7, 11) is 0. The van der Waals surface area contributed by atoms with Gasteiger partial charge in [0.25, 0.3) is 0 Å². The molecule has 3 nitrogen and oxygen atoms in total. The zero-order valence-corrected chi connectivity index (χ0v) is 10.9. The van der Waals surface area contributed by atoms with Gasteiger partial charge in [-0.15, -0.1) is 11.3 Å². The minimum Gasteiger partial charge on any atom is -0.478 e. The minimum absolute atomic E-state index is 0.251. The van der Waals surface area contributed by atoms with E-state index in [-0.39, 0.29) is 6.04 Å². The van der Waals surface area contributed by atoms with E-state index in [0.29, 0.717) is 12.1 Å². The Bertz CT molecular complexity index is 522. The molecule has 0 unspecified atom stereocenters. The Hall–Kier alpha value is -1.65. The van der Waals surface area contributed by atoms with Crippen LogP contribution in [0.3, 0.4) is 0 Å². The van der Waals surface area contributed by atoms with Crippen LogP contribution in [0.15, 0.2) is 41.8 Å². The molecule has 18 heavy (non-hydrogen) atoms. The maximum Gasteiger partial charge on any atom is 0.336 e. The van der Waals surface area contributed by atoms with Gasteiger partial charge in [-0.25, -0.2) is 4.79 Å². The summed E-state index contributed by atoms with van der Waals surface area (Å²) in [6.45, 7) is 2.79. The Kier molecular flexibility index (Phi) is 4.12. The summed E-state index contributed by atoms with van der Waals surface area (Å²) in [5, 5.41) is 13.9. The van der Waals surface area contributed by atoms with Gasteiger partial charge >= 0.3 is 5.97 Å². The highest BCUT2D eigenvalue weighted by molar-refractivity contribution is 7.10. The quantitative estimate of drug-likeness (QED) is 0.868. The summed E-state index contributed by atoms with van der Waals surface area (Å²) in [4.78, 5) is 11.8. The SMILES string of the molecule is C[C@@H](NCc1cc(C(=O)O)cs1)c1ccccc1. The van der Waals surface area contributed by atoms with E-state index < -0.39 is 5.97 Å². The van der Waals surface area contributed by atoms with Crippen molar-refractivity contribution in [1.29, 1.82) is 0 Å². The summed E-state index contributed by atoms with van der Waals surface area (Å²) in [6.07, 6.45) is 0. The lowest BCUT2D eigenvalue weighted by atomic mass is 10.1. The van der Waals surface area contributed by atoms with Crippen molar-refractivity contribution in [3.05, 3.63) is 57.8 Å². The molecular formula is C14H15NO2S. The number of carbonyl (C=O) groups is 1. The lowest BCUT2D eigenvalue weighted by Crippen LogP contribution is -2.17. The fourth-order valence-electron chi connectivity index (χ4n) is 1.70. The Morgan fingerprint density at radius 2 is 2.11 bits per heavy atom. The maximum absolute atomic E-state index is 10.8. The Morgan fingerprint density at radius 3 is 2.72 bits per heavy atom. The molecule has 94 valence electrons. The van der Waals surface area contributed by atoms with Gasteiger partial charge in [0.2, 0.25) is 0 Å². The van der Waals surface area contributed by atoms with E-state index in [9.17, 15) is 4.79 Å². The standard InChI is InChI=1S/C14H15NO2S/c1-10(11-5-3-2-4-6-11)15-8-13-7-12(9-18-13)14(16)17/h2-7,9-10,15H,8H2,1H3,(H,16,17)/t10-/m1/s1. The van der Waals surface area contributed by atoms with E-state index >= 15 is 0 Å². The fourth-order valence-corrected chi connectivity index (χ4v) is 2.51. The van der Waals surface area contributed by atoms with Gasteiger partial charge in [-0.1, -0.05) is 30.3 Å². The molecule has 0 aliphatic rings. The number of aromatic carboxylic acids is 1. The normalized spacial score (nSPS) is 12.3. The first-order valence-corrected chi connectivity index (χ1v) is 6.64. The lowest BCUT2D eigenvalue weighted by Gasteiger charge is -2.13. The molecule has 0 aliphatic heterocycles. The van der Waals surface area contributed by atoms with Crippen molar-refractivity contribution in [2.75, 3.05) is 0 Å². The van der Waals surface area contributed by atoms with E-state index in [4.69, 9.17) is 5.11 Å². The Balaban J connectivity index is 1.93. The predicted octanol–water partition coefficient (Wildman–Crippen LogP) is 3.30. The molecule has 4 heteroatoms. The highest BCUT2D eigenvalue weighted by Gasteiger charge is 2.08. The summed E-state index contributed by atoms with van der Waals surface area (Å²) >= 11 is 1.47. The van der Waals surface area contributed by atoms with Crippen LogP contribution in [0.1, 0.15) is 33.8 Å². The lowest BCUT2D eigenvalue weighted by molar-refractivity contribution is 0.0697. The van der Waals surface area contributed by atoms with Crippen LogP contribution in [-0.2, 0) is 6.54 Å². The molecule has 0 amide bonds. The number of benzene rings is 1. The van der Waals surface area contributed by atoms with E-state index in [0.717, 1.165) is 4.88 Å². The van der Waals surface area contributed by atoms with Crippen molar-refractivity contribution in [1.82, 2.24) is 5.32 Å². The first kappa shape index (κ1) is 12.8. The molecule has 0 saturated carbocycles. The number of nitrogens with one attached hydrogen (secondary N) is 1. The van der Waals surface area contributed by atoms with Crippen molar-refractivity contribution in [3.63, 3.8) is 0 Å². The summed E-state index contributed by atoms with van der Waals surface area (Å²) in [6, 6.07) is 12.2. The van der Waals surface area contributed by atoms with Crippen LogP contribution in [0.5, 0.6) is 0 Å². The second-order valence-corrected chi connectivity index (χ2v) is 5.12. The minimum atomic E-state index is -0.867. The molecule has 1 aromatic carbocycles. The number of hydrogen-bond donors (Lipinski definition) is 2. The van der Waals surface area contributed by atoms with Crippen molar-refractivity contribution in [2.24, 2.45) is 0 Å². The zero-order chi connectivity index (χ0) is 13.0. The molecular weight excluding hydrogens is 246 g/mol. The molecule has 0 radical (unpaired) electrons. The van der Waals surface area contributed by atoms with Gasteiger partial charge < -0.3 is 10.4 Å². The van der Waals surface area contributed by atoms with Crippen LogP contribution in [0, 0.1) is 0 Å². The highest BCUT2D eigenvalue weighted by atomic mass is 32.1. The average Bonchev–Trinajstić information content (AvgIpc) is 2.86. The van der Waals surface area contributed by atoms with Crippen molar-refractivity contribution < 1.29 is 9.90 Å². The van der Waals surface area contributed by atoms with Crippen molar-refractivity contribution in [3.8, 4) is 0 Å². The topological polar surface area (TPSA) is 49.3 Å². The van der Waals surface area contributed by atoms with Crippen molar-refractivity contribution >= 4 is 17.3 Å².